The van der Waals surface area contributed by atoms with Gasteiger partial charge in [0.05, 0.1) is 19.5 Å². The fourth-order valence-corrected chi connectivity index (χ4v) is 2.58. The van der Waals surface area contributed by atoms with Crippen LogP contribution in [0.5, 0.6) is 0 Å². The summed E-state index contributed by atoms with van der Waals surface area (Å²) < 4.78 is 1.94. The van der Waals surface area contributed by atoms with E-state index in [2.05, 4.69) is 15.0 Å². The van der Waals surface area contributed by atoms with Gasteiger partial charge < -0.3 is 20.5 Å². The third kappa shape index (κ3) is 1.48. The van der Waals surface area contributed by atoms with Crippen molar-refractivity contribution in [2.24, 2.45) is 5.41 Å². The summed E-state index contributed by atoms with van der Waals surface area (Å²) in [6.45, 7) is 0.00745. The van der Waals surface area contributed by atoms with Gasteiger partial charge in [0.1, 0.15) is 11.8 Å². The molecule has 1 aliphatic carbocycles. The molecule has 2 aromatic rings. The van der Waals surface area contributed by atoms with Crippen molar-refractivity contribution < 1.29 is 10.2 Å². The Morgan fingerprint density at radius 3 is 2.67 bits per heavy atom. The maximum Gasteiger partial charge on any atom is 0.165 e. The number of anilines is 1. The molecule has 2 heterocycles. The first kappa shape index (κ1) is 11.4. The summed E-state index contributed by atoms with van der Waals surface area (Å²) >= 11 is 0. The quantitative estimate of drug-likeness (QED) is 0.689. The third-order valence-corrected chi connectivity index (χ3v) is 3.79. The van der Waals surface area contributed by atoms with E-state index in [4.69, 9.17) is 5.73 Å². The van der Waals surface area contributed by atoms with Crippen LogP contribution in [0.3, 0.4) is 0 Å². The van der Waals surface area contributed by atoms with E-state index < -0.39 is 0 Å². The number of nitrogens with two attached hydrogens (primary N) is 1. The number of hydrogen-bond acceptors (Lipinski definition) is 6. The molecule has 1 fully saturated rings. The summed E-state index contributed by atoms with van der Waals surface area (Å²) in [4.78, 5) is 12.3. The Balaban J connectivity index is 1.92. The predicted molar refractivity (Wildman–Crippen MR) is 64.6 cm³/mol. The summed E-state index contributed by atoms with van der Waals surface area (Å²) in [7, 11) is 0. The Morgan fingerprint density at radius 2 is 2.00 bits per heavy atom. The summed E-state index contributed by atoms with van der Waals surface area (Å²) in [6, 6.07) is 0.198. The van der Waals surface area contributed by atoms with Gasteiger partial charge in [-0.25, -0.2) is 15.0 Å². The summed E-state index contributed by atoms with van der Waals surface area (Å²) in [6.07, 6.45) is 4.55. The van der Waals surface area contributed by atoms with Gasteiger partial charge in [-0.15, -0.1) is 0 Å². The molecular formula is C11H15N5O2. The minimum Gasteiger partial charge on any atom is -0.396 e. The minimum atomic E-state index is -0.361. The molecule has 0 saturated heterocycles. The third-order valence-electron chi connectivity index (χ3n) is 3.79. The Morgan fingerprint density at radius 1 is 1.28 bits per heavy atom. The van der Waals surface area contributed by atoms with Gasteiger partial charge in [-0.2, -0.15) is 0 Å². The zero-order chi connectivity index (χ0) is 12.8. The lowest BCUT2D eigenvalue weighted by molar-refractivity contribution is -0.0421. The molecule has 0 aromatic carbocycles. The molecule has 1 saturated carbocycles. The number of hydrogen-bond donors (Lipinski definition) is 3. The Hall–Kier alpha value is -1.73. The Labute approximate surface area is 103 Å². The van der Waals surface area contributed by atoms with Crippen LogP contribution in [0.1, 0.15) is 18.9 Å². The normalized spacial score (nSPS) is 19.0. The molecule has 96 valence electrons. The number of aliphatic hydroxyl groups is 2. The molecule has 1 aliphatic rings. The highest BCUT2D eigenvalue weighted by Crippen LogP contribution is 2.48. The van der Waals surface area contributed by atoms with Gasteiger partial charge in [0, 0.05) is 11.5 Å². The van der Waals surface area contributed by atoms with Gasteiger partial charge >= 0.3 is 0 Å². The molecule has 2 aromatic heterocycles. The van der Waals surface area contributed by atoms with E-state index in [1.54, 1.807) is 6.33 Å². The first-order chi connectivity index (χ1) is 8.69. The zero-order valence-electron chi connectivity index (χ0n) is 9.82. The number of rotatable bonds is 3. The molecule has 3 rings (SSSR count). The van der Waals surface area contributed by atoms with E-state index in [1.807, 2.05) is 4.57 Å². The second-order valence-electron chi connectivity index (χ2n) is 4.96. The van der Waals surface area contributed by atoms with Crippen molar-refractivity contribution in [3.63, 3.8) is 0 Å². The Bertz CT molecular complexity index is 570. The summed E-state index contributed by atoms with van der Waals surface area (Å²) in [5.74, 6) is 0.369. The first-order valence-electron chi connectivity index (χ1n) is 5.84. The van der Waals surface area contributed by atoms with Crippen molar-refractivity contribution in [3.8, 4) is 0 Å². The van der Waals surface area contributed by atoms with Gasteiger partial charge in [0.25, 0.3) is 0 Å². The van der Waals surface area contributed by atoms with Crippen LogP contribution in [0.4, 0.5) is 5.82 Å². The fraction of sp³-hybridized carbons (Fsp3) is 0.545. The van der Waals surface area contributed by atoms with Crippen molar-refractivity contribution in [1.82, 2.24) is 19.5 Å². The van der Waals surface area contributed by atoms with Crippen molar-refractivity contribution >= 4 is 17.0 Å². The van der Waals surface area contributed by atoms with Crippen molar-refractivity contribution in [2.45, 2.75) is 18.9 Å². The van der Waals surface area contributed by atoms with E-state index in [1.165, 1.54) is 6.33 Å². The van der Waals surface area contributed by atoms with E-state index >= 15 is 0 Å². The summed E-state index contributed by atoms with van der Waals surface area (Å²) in [5, 5.41) is 18.6. The molecule has 0 unspecified atom stereocenters. The number of aromatic nitrogens is 4. The average Bonchev–Trinajstić information content (AvgIpc) is 2.75. The van der Waals surface area contributed by atoms with Crippen LogP contribution >= 0.6 is 0 Å². The maximum atomic E-state index is 9.28. The van der Waals surface area contributed by atoms with Crippen LogP contribution in [-0.4, -0.2) is 42.9 Å². The molecule has 0 radical (unpaired) electrons. The highest BCUT2D eigenvalue weighted by molar-refractivity contribution is 5.81. The van der Waals surface area contributed by atoms with Crippen molar-refractivity contribution in [3.05, 3.63) is 12.7 Å². The molecule has 0 spiro atoms. The molecule has 0 bridgehead atoms. The molecule has 0 amide bonds. The van der Waals surface area contributed by atoms with Crippen LogP contribution in [0.25, 0.3) is 11.2 Å². The van der Waals surface area contributed by atoms with Crippen LogP contribution in [0.15, 0.2) is 12.7 Å². The number of aliphatic hydroxyl groups excluding tert-OH is 2. The van der Waals surface area contributed by atoms with Crippen LogP contribution in [0, 0.1) is 5.41 Å². The van der Waals surface area contributed by atoms with Crippen molar-refractivity contribution in [1.29, 1.82) is 0 Å². The molecule has 7 nitrogen and oxygen atoms in total. The van der Waals surface area contributed by atoms with Gasteiger partial charge in [-0.05, 0) is 12.8 Å². The van der Waals surface area contributed by atoms with Gasteiger partial charge in [0.2, 0.25) is 0 Å². The second-order valence-corrected chi connectivity index (χ2v) is 4.96. The van der Waals surface area contributed by atoms with Gasteiger partial charge in [0.15, 0.2) is 11.5 Å². The molecule has 4 N–H and O–H groups in total. The van der Waals surface area contributed by atoms with E-state index in [0.717, 1.165) is 12.8 Å². The van der Waals surface area contributed by atoms with E-state index in [-0.39, 0.29) is 24.7 Å². The standard InChI is InChI=1S/C11H15N5O2/c12-9-8-10(14-5-13-9)16(6-15-8)7-1-11(2-7,3-17)4-18/h5-7,17-18H,1-4H2,(H2,12,13,14). The fourth-order valence-electron chi connectivity index (χ4n) is 2.58. The zero-order valence-corrected chi connectivity index (χ0v) is 9.82. The summed E-state index contributed by atoms with van der Waals surface area (Å²) in [5.41, 5.74) is 6.67. The highest BCUT2D eigenvalue weighted by atomic mass is 16.3. The van der Waals surface area contributed by atoms with Crippen LogP contribution in [0.2, 0.25) is 0 Å². The highest BCUT2D eigenvalue weighted by Gasteiger charge is 2.44. The number of nitrogens with zero attached hydrogens (tertiary/aromatic N) is 4. The lowest BCUT2D eigenvalue weighted by atomic mass is 9.66. The molecule has 7 heteroatoms. The first-order valence-corrected chi connectivity index (χ1v) is 5.84. The van der Waals surface area contributed by atoms with E-state index in [9.17, 15) is 10.2 Å². The maximum absolute atomic E-state index is 9.28. The topological polar surface area (TPSA) is 110 Å². The second kappa shape index (κ2) is 3.89. The SMILES string of the molecule is Nc1ncnc2c1ncn2C1CC(CO)(CO)C1. The number of fused-ring (bicyclic) bond motifs is 1. The lowest BCUT2D eigenvalue weighted by Gasteiger charge is -2.45. The predicted octanol–water partition coefficient (Wildman–Crippen LogP) is -0.286. The van der Waals surface area contributed by atoms with E-state index in [0.29, 0.717) is 17.0 Å². The lowest BCUT2D eigenvalue weighted by Crippen LogP contribution is -2.44. The minimum absolute atomic E-state index is 0.00372. The molecule has 18 heavy (non-hydrogen) atoms. The number of imidazole rings is 1. The largest absolute Gasteiger partial charge is 0.396 e. The Kier molecular flexibility index (Phi) is 2.46. The molecule has 0 atom stereocenters. The van der Waals surface area contributed by atoms with Gasteiger partial charge in [-0.1, -0.05) is 0 Å². The van der Waals surface area contributed by atoms with Gasteiger partial charge in [-0.3, -0.25) is 0 Å². The average molecular weight is 249 g/mol. The van der Waals surface area contributed by atoms with Crippen molar-refractivity contribution in [2.75, 3.05) is 18.9 Å². The molecular weight excluding hydrogens is 234 g/mol. The van der Waals surface area contributed by atoms with Crippen LogP contribution < -0.4 is 5.73 Å². The monoisotopic (exact) mass is 249 g/mol. The van der Waals surface area contributed by atoms with Crippen LogP contribution in [-0.2, 0) is 0 Å². The smallest absolute Gasteiger partial charge is 0.165 e. The number of nitrogen functional groups attached to an aromatic ring is 1. The molecule has 0 aliphatic heterocycles.